The van der Waals surface area contributed by atoms with Crippen molar-refractivity contribution in [2.24, 2.45) is 0 Å². The summed E-state index contributed by atoms with van der Waals surface area (Å²) in [6.45, 7) is 2.04. The van der Waals surface area contributed by atoms with Gasteiger partial charge in [-0.3, -0.25) is 0 Å². The van der Waals surface area contributed by atoms with Crippen molar-refractivity contribution >= 4 is 158 Å². The van der Waals surface area contributed by atoms with Crippen LogP contribution in [-0.4, -0.2) is 12.7 Å². The molecule has 0 saturated carbocycles. The van der Waals surface area contributed by atoms with Crippen LogP contribution in [0.1, 0.15) is 16.7 Å². The van der Waals surface area contributed by atoms with Crippen LogP contribution in [0.3, 0.4) is 0 Å². The van der Waals surface area contributed by atoms with Gasteiger partial charge in [0.1, 0.15) is 11.5 Å². The van der Waals surface area contributed by atoms with Gasteiger partial charge in [0.25, 0.3) is 0 Å². The number of alkyl halides is 6. The Labute approximate surface area is 408 Å². The zero-order valence-corrected chi connectivity index (χ0v) is 42.8. The Morgan fingerprint density at radius 1 is 0.400 bits per heavy atom. The fourth-order valence-electron chi connectivity index (χ4n) is 5.96. The molecule has 0 amide bonds. The van der Waals surface area contributed by atoms with Gasteiger partial charge in [0, 0.05) is 31.4 Å². The van der Waals surface area contributed by atoms with E-state index in [-0.39, 0.29) is 11.5 Å². The van der Waals surface area contributed by atoms with E-state index in [0.717, 1.165) is 74.3 Å². The van der Waals surface area contributed by atoms with E-state index in [2.05, 4.69) is 165 Å². The smallest absolute Gasteiger partial charge is 0.406 e. The molecular weight excluding hydrogens is 1510 g/mol. The lowest BCUT2D eigenvalue weighted by molar-refractivity contribution is -0.275. The van der Waals surface area contributed by atoms with Gasteiger partial charge in [-0.25, -0.2) is 0 Å². The lowest BCUT2D eigenvalue weighted by Gasteiger charge is -2.17. The Bertz CT molecular complexity index is 2230. The minimum Gasteiger partial charge on any atom is -0.406 e. The second-order valence-electron chi connectivity index (χ2n) is 12.1. The maximum absolute atomic E-state index is 12.7. The number of hydrogen-bond acceptors (Lipinski definition) is 2. The molecule has 0 N–H and O–H groups in total. The maximum Gasteiger partial charge on any atom is 0.573 e. The zero-order valence-electron chi connectivity index (χ0n) is 27.7. The number of hydrogen-bond donors (Lipinski definition) is 0. The molecule has 6 aromatic carbocycles. The van der Waals surface area contributed by atoms with Crippen LogP contribution >= 0.6 is 158 Å². The minimum atomic E-state index is -4.74. The molecule has 0 bridgehead atoms. The zero-order chi connectivity index (χ0) is 40.0. The first-order chi connectivity index (χ1) is 25.8. The number of rotatable bonds is 8. The molecule has 0 unspecified atom stereocenters. The van der Waals surface area contributed by atoms with Crippen LogP contribution in [0, 0.1) is 31.9 Å². The summed E-state index contributed by atoms with van der Waals surface area (Å²) in [5.41, 5.74) is 11.3. The van der Waals surface area contributed by atoms with Gasteiger partial charge in [0.15, 0.2) is 0 Å². The highest BCUT2D eigenvalue weighted by molar-refractivity contribution is 14.1. The molecule has 0 saturated heterocycles. The first-order valence-corrected chi connectivity index (χ1v) is 23.3. The van der Waals surface area contributed by atoms with E-state index >= 15 is 0 Å². The van der Waals surface area contributed by atoms with E-state index in [4.69, 9.17) is 0 Å². The maximum atomic E-state index is 12.7. The number of halogens is 13. The standard InChI is InChI=1S/C40H21F6I7O2/c1-19-10-20(27-8-4-24(16-37(27)52)54-39(41,42)43)2-6-26(19)22-12-33(48)30(34(49)13-22)18-31-35(50)14-23(15-36(31)51)29-7-3-21(11-32(29)47)28-9-5-25(17-38(28)53)55-40(44,45)46/h2-17H,18H2,1H3. The Morgan fingerprint density at radius 2 is 0.727 bits per heavy atom. The summed E-state index contributed by atoms with van der Waals surface area (Å²) in [4.78, 5) is 0. The van der Waals surface area contributed by atoms with Crippen LogP contribution in [0.2, 0.25) is 0 Å². The Morgan fingerprint density at radius 3 is 1.11 bits per heavy atom. The van der Waals surface area contributed by atoms with Gasteiger partial charge in [-0.2, -0.15) is 0 Å². The number of benzene rings is 6. The van der Waals surface area contributed by atoms with Crippen LogP contribution in [0.25, 0.3) is 44.5 Å². The summed E-state index contributed by atoms with van der Waals surface area (Å²) in [6.07, 6.45) is -8.74. The molecule has 0 heterocycles. The van der Waals surface area contributed by atoms with E-state index in [1.807, 2.05) is 70.3 Å². The quantitative estimate of drug-likeness (QED) is 0.112. The Kier molecular flexibility index (Phi) is 14.5. The van der Waals surface area contributed by atoms with Crippen molar-refractivity contribution in [3.8, 4) is 56.0 Å². The molecule has 2 nitrogen and oxygen atoms in total. The lowest BCUT2D eigenvalue weighted by atomic mass is 9.94. The molecule has 6 aromatic rings. The largest absolute Gasteiger partial charge is 0.573 e. The number of aryl methyl sites for hydroxylation is 1. The molecule has 0 atom stereocenters. The van der Waals surface area contributed by atoms with Crippen LogP contribution in [0.4, 0.5) is 26.3 Å². The van der Waals surface area contributed by atoms with Gasteiger partial charge in [-0.05, 0) is 293 Å². The summed E-state index contributed by atoms with van der Waals surface area (Å²) in [5, 5.41) is 0. The van der Waals surface area contributed by atoms with E-state index in [0.29, 0.717) is 7.14 Å². The van der Waals surface area contributed by atoms with Crippen LogP contribution in [0.15, 0.2) is 97.1 Å². The molecule has 0 radical (unpaired) electrons. The molecule has 0 fully saturated rings. The topological polar surface area (TPSA) is 18.5 Å². The predicted octanol–water partition coefficient (Wildman–Crippen LogP) is 16.3. The highest BCUT2D eigenvalue weighted by atomic mass is 127. The summed E-state index contributed by atoms with van der Waals surface area (Å²) in [5.74, 6) is -0.494. The second-order valence-corrected chi connectivity index (χ2v) is 20.3. The average molecular weight is 1540 g/mol. The molecule has 0 aliphatic carbocycles. The van der Waals surface area contributed by atoms with Crippen LogP contribution in [0.5, 0.6) is 11.5 Å². The summed E-state index contributed by atoms with van der Waals surface area (Å²) in [6, 6.07) is 29.7. The van der Waals surface area contributed by atoms with Crippen molar-refractivity contribution in [1.29, 1.82) is 0 Å². The van der Waals surface area contributed by atoms with Gasteiger partial charge in [0.05, 0.1) is 0 Å². The van der Waals surface area contributed by atoms with Gasteiger partial charge in [0.2, 0.25) is 0 Å². The first kappa shape index (κ1) is 44.2. The molecule has 55 heavy (non-hydrogen) atoms. The summed E-state index contributed by atoms with van der Waals surface area (Å²) >= 11 is 16.0. The average Bonchev–Trinajstić information content (AvgIpc) is 3.06. The second kappa shape index (κ2) is 18.1. The Hall–Kier alpha value is -0.390. The van der Waals surface area contributed by atoms with Crippen LogP contribution in [-0.2, 0) is 6.42 Å². The third kappa shape index (κ3) is 11.1. The predicted molar refractivity (Wildman–Crippen MR) is 265 cm³/mol. The molecular formula is C40H21F6I7O2. The highest BCUT2D eigenvalue weighted by Gasteiger charge is 2.32. The normalized spacial score (nSPS) is 11.9. The van der Waals surface area contributed by atoms with Crippen molar-refractivity contribution in [2.75, 3.05) is 0 Å². The van der Waals surface area contributed by atoms with Crippen molar-refractivity contribution in [3.63, 3.8) is 0 Å². The molecule has 6 rings (SSSR count). The molecule has 0 spiro atoms. The highest BCUT2D eigenvalue weighted by Crippen LogP contribution is 2.39. The van der Waals surface area contributed by atoms with Gasteiger partial charge in [-0.1, -0.05) is 30.3 Å². The summed E-state index contributed by atoms with van der Waals surface area (Å²) < 4.78 is 91.4. The third-order valence-electron chi connectivity index (χ3n) is 8.42. The monoisotopic (exact) mass is 1540 g/mol. The van der Waals surface area contributed by atoms with Crippen molar-refractivity contribution in [1.82, 2.24) is 0 Å². The van der Waals surface area contributed by atoms with E-state index in [9.17, 15) is 26.3 Å². The van der Waals surface area contributed by atoms with Crippen molar-refractivity contribution < 1.29 is 35.8 Å². The van der Waals surface area contributed by atoms with E-state index in [1.165, 1.54) is 35.4 Å². The molecule has 284 valence electrons. The fraction of sp³-hybridized carbons (Fsp3) is 0.100. The molecule has 0 aromatic heterocycles. The van der Waals surface area contributed by atoms with Gasteiger partial charge >= 0.3 is 12.7 Å². The summed E-state index contributed by atoms with van der Waals surface area (Å²) in [7, 11) is 0. The molecule has 15 heteroatoms. The van der Waals surface area contributed by atoms with E-state index in [1.54, 1.807) is 12.1 Å². The third-order valence-corrected chi connectivity index (χ3v) is 15.0. The van der Waals surface area contributed by atoms with Crippen molar-refractivity contribution in [2.45, 2.75) is 26.1 Å². The minimum absolute atomic E-state index is 0.246. The molecule has 0 aliphatic heterocycles. The Balaban J connectivity index is 1.22. The van der Waals surface area contributed by atoms with Crippen LogP contribution < -0.4 is 9.47 Å². The molecule has 0 aliphatic rings. The fourth-order valence-corrected chi connectivity index (χ4v) is 12.7. The van der Waals surface area contributed by atoms with Gasteiger partial charge < -0.3 is 9.47 Å². The van der Waals surface area contributed by atoms with E-state index < -0.39 is 12.7 Å². The lowest BCUT2D eigenvalue weighted by Crippen LogP contribution is -2.17. The SMILES string of the molecule is Cc1cc(-c2ccc(OC(F)(F)F)cc2I)ccc1-c1cc(I)c(Cc2c(I)cc(-c3ccc(-c4ccc(OC(F)(F)F)cc4I)cc3I)cc2I)c(I)c1. The number of ether oxygens (including phenoxy) is 2. The first-order valence-electron chi connectivity index (χ1n) is 15.7. The van der Waals surface area contributed by atoms with Gasteiger partial charge in [-0.15, -0.1) is 26.3 Å². The van der Waals surface area contributed by atoms with Crippen molar-refractivity contribution in [3.05, 3.63) is 139 Å².